The number of nitrogen functional groups attached to an aromatic ring is 1. The van der Waals surface area contributed by atoms with Gasteiger partial charge in [-0.1, -0.05) is 18.2 Å². The number of hydrogen-bond acceptors (Lipinski definition) is 5. The van der Waals surface area contributed by atoms with E-state index in [-0.39, 0.29) is 0 Å². The molecule has 0 heterocycles. The maximum Gasteiger partial charge on any atom is 0.339 e. The Bertz CT molecular complexity index is 695. The fourth-order valence-electron chi connectivity index (χ4n) is 2.57. The van der Waals surface area contributed by atoms with Crippen LogP contribution in [0, 0.1) is 0 Å². The molecule has 0 aromatic heterocycles. The number of esters is 1. The predicted octanol–water partition coefficient (Wildman–Crippen LogP) is 3.19. The zero-order valence-electron chi connectivity index (χ0n) is 14.3. The van der Waals surface area contributed by atoms with Crippen molar-refractivity contribution in [2.75, 3.05) is 26.6 Å². The number of anilines is 1. The number of carbonyl (C=O) groups is 1. The molecule has 0 aliphatic rings. The highest BCUT2D eigenvalue weighted by molar-refractivity contribution is 5.96. The summed E-state index contributed by atoms with van der Waals surface area (Å²) in [5.41, 5.74) is 9.95. The van der Waals surface area contributed by atoms with Crippen molar-refractivity contribution in [3.05, 3.63) is 58.7 Å². The van der Waals surface area contributed by atoms with Crippen molar-refractivity contribution in [1.29, 1.82) is 0 Å². The minimum absolute atomic E-state index is 0.373. The average Bonchev–Trinajstić information content (AvgIpc) is 2.59. The zero-order chi connectivity index (χ0) is 17.5. The number of ether oxygens (including phenoxy) is 3. The van der Waals surface area contributed by atoms with Crippen LogP contribution in [0.25, 0.3) is 0 Å². The first-order valence-electron chi connectivity index (χ1n) is 7.79. The number of methoxy groups -OCH3 is 2. The molecule has 2 N–H and O–H groups in total. The second-order valence-corrected chi connectivity index (χ2v) is 5.34. The molecule has 128 valence electrons. The fourth-order valence-corrected chi connectivity index (χ4v) is 2.57. The molecule has 5 nitrogen and oxygen atoms in total. The molecule has 0 saturated heterocycles. The Morgan fingerprint density at radius 1 is 1.08 bits per heavy atom. The zero-order valence-corrected chi connectivity index (χ0v) is 14.3. The third kappa shape index (κ3) is 4.06. The third-order valence-electron chi connectivity index (χ3n) is 3.77. The van der Waals surface area contributed by atoms with Crippen molar-refractivity contribution in [3.63, 3.8) is 0 Å². The van der Waals surface area contributed by atoms with Crippen LogP contribution in [0.3, 0.4) is 0 Å². The number of nitrogens with two attached hydrogens (primary N) is 1. The van der Waals surface area contributed by atoms with Gasteiger partial charge < -0.3 is 19.9 Å². The lowest BCUT2D eigenvalue weighted by Crippen LogP contribution is -2.11. The minimum Gasteiger partial charge on any atom is -0.494 e. The molecule has 2 aromatic rings. The Hall–Kier alpha value is -2.53. The Kier molecular flexibility index (Phi) is 6.21. The summed E-state index contributed by atoms with van der Waals surface area (Å²) in [4.78, 5) is 11.9. The van der Waals surface area contributed by atoms with Crippen LogP contribution in [0.5, 0.6) is 5.75 Å². The van der Waals surface area contributed by atoms with Gasteiger partial charge in [-0.05, 0) is 48.2 Å². The number of rotatable bonds is 7. The Balaban J connectivity index is 2.36. The second kappa shape index (κ2) is 8.36. The van der Waals surface area contributed by atoms with Crippen molar-refractivity contribution in [2.24, 2.45) is 0 Å². The lowest BCUT2D eigenvalue weighted by atomic mass is 9.95. The van der Waals surface area contributed by atoms with E-state index in [2.05, 4.69) is 0 Å². The van der Waals surface area contributed by atoms with Crippen LogP contribution in [0.4, 0.5) is 5.69 Å². The van der Waals surface area contributed by atoms with Crippen LogP contribution >= 0.6 is 0 Å². The first kappa shape index (κ1) is 17.8. The first-order valence-corrected chi connectivity index (χ1v) is 7.79. The predicted molar refractivity (Wildman–Crippen MR) is 93.3 cm³/mol. The van der Waals surface area contributed by atoms with Crippen molar-refractivity contribution in [3.8, 4) is 5.75 Å². The van der Waals surface area contributed by atoms with Gasteiger partial charge in [0.2, 0.25) is 0 Å². The fraction of sp³-hybridized carbons (Fsp3) is 0.316. The normalized spacial score (nSPS) is 10.5. The molecule has 5 heteroatoms. The molecule has 0 amide bonds. The van der Waals surface area contributed by atoms with Gasteiger partial charge in [-0.2, -0.15) is 0 Å². The van der Waals surface area contributed by atoms with Gasteiger partial charge in [-0.15, -0.1) is 0 Å². The van der Waals surface area contributed by atoms with E-state index < -0.39 is 5.97 Å². The smallest absolute Gasteiger partial charge is 0.339 e. The highest BCUT2D eigenvalue weighted by Gasteiger charge is 2.17. The van der Waals surface area contributed by atoms with Gasteiger partial charge >= 0.3 is 5.97 Å². The van der Waals surface area contributed by atoms with E-state index >= 15 is 0 Å². The van der Waals surface area contributed by atoms with Gasteiger partial charge in [0, 0.05) is 7.11 Å². The van der Waals surface area contributed by atoms with Gasteiger partial charge in [0.15, 0.2) is 0 Å². The maximum absolute atomic E-state index is 11.9. The SMILES string of the molecule is CCOc1ccc(Cc2c(COC)ccc(C(=O)OC)c2N)cc1. The number of benzene rings is 2. The van der Waals surface area contributed by atoms with Gasteiger partial charge in [0.05, 0.1) is 31.6 Å². The van der Waals surface area contributed by atoms with Crippen LogP contribution < -0.4 is 10.5 Å². The summed E-state index contributed by atoms with van der Waals surface area (Å²) >= 11 is 0. The molecular formula is C19H23NO4. The van der Waals surface area contributed by atoms with Crippen molar-refractivity contribution in [1.82, 2.24) is 0 Å². The number of carbonyl (C=O) groups excluding carboxylic acids is 1. The summed E-state index contributed by atoms with van der Waals surface area (Å²) in [7, 11) is 2.97. The van der Waals surface area contributed by atoms with E-state index in [0.717, 1.165) is 22.4 Å². The molecule has 0 aliphatic heterocycles. The molecule has 0 atom stereocenters. The third-order valence-corrected chi connectivity index (χ3v) is 3.77. The quantitative estimate of drug-likeness (QED) is 0.624. The van der Waals surface area contributed by atoms with Crippen LogP contribution in [0.1, 0.15) is 34.0 Å². The molecule has 0 radical (unpaired) electrons. The lowest BCUT2D eigenvalue weighted by Gasteiger charge is -2.15. The Labute approximate surface area is 142 Å². The van der Waals surface area contributed by atoms with E-state index in [9.17, 15) is 4.79 Å². The maximum atomic E-state index is 11.9. The van der Waals surface area contributed by atoms with Crippen LogP contribution in [0.15, 0.2) is 36.4 Å². The highest BCUT2D eigenvalue weighted by atomic mass is 16.5. The Morgan fingerprint density at radius 3 is 2.38 bits per heavy atom. The molecule has 0 spiro atoms. The Morgan fingerprint density at radius 2 is 1.79 bits per heavy atom. The summed E-state index contributed by atoms with van der Waals surface area (Å²) in [5, 5.41) is 0. The topological polar surface area (TPSA) is 70.8 Å². The summed E-state index contributed by atoms with van der Waals surface area (Å²) in [6.45, 7) is 3.01. The van der Waals surface area contributed by atoms with Crippen LogP contribution in [-0.4, -0.2) is 26.8 Å². The van der Waals surface area contributed by atoms with E-state index in [1.807, 2.05) is 37.3 Å². The molecule has 0 unspecified atom stereocenters. The van der Waals surface area contributed by atoms with Crippen molar-refractivity contribution < 1.29 is 19.0 Å². The molecule has 2 aromatic carbocycles. The summed E-state index contributed by atoms with van der Waals surface area (Å²) in [6.07, 6.45) is 0.599. The first-order chi connectivity index (χ1) is 11.6. The van der Waals surface area contributed by atoms with Gasteiger partial charge in [0.25, 0.3) is 0 Å². The average molecular weight is 329 g/mol. The molecule has 2 rings (SSSR count). The molecule has 24 heavy (non-hydrogen) atoms. The summed E-state index contributed by atoms with van der Waals surface area (Å²) in [6, 6.07) is 11.4. The van der Waals surface area contributed by atoms with E-state index in [1.165, 1.54) is 7.11 Å². The number of hydrogen-bond donors (Lipinski definition) is 1. The van der Waals surface area contributed by atoms with Gasteiger partial charge in [-0.3, -0.25) is 0 Å². The van der Waals surface area contributed by atoms with Crippen molar-refractivity contribution >= 4 is 11.7 Å². The summed E-state index contributed by atoms with van der Waals surface area (Å²) < 4.78 is 15.5. The minimum atomic E-state index is -0.440. The standard InChI is InChI=1S/C19H23NO4/c1-4-24-15-8-5-13(6-9-15)11-17-14(12-22-2)7-10-16(18(17)20)19(21)23-3/h5-10H,4,11-12,20H2,1-3H3. The largest absolute Gasteiger partial charge is 0.494 e. The van der Waals surface area contributed by atoms with Gasteiger partial charge in [0.1, 0.15) is 5.75 Å². The molecule has 0 aliphatic carbocycles. The van der Waals surface area contributed by atoms with Gasteiger partial charge in [-0.25, -0.2) is 4.79 Å². The molecule has 0 bridgehead atoms. The summed E-state index contributed by atoms with van der Waals surface area (Å²) in [5.74, 6) is 0.388. The van der Waals surface area contributed by atoms with Crippen LogP contribution in [0.2, 0.25) is 0 Å². The molecule has 0 saturated carbocycles. The van der Waals surface area contributed by atoms with Crippen LogP contribution in [-0.2, 0) is 22.5 Å². The monoisotopic (exact) mass is 329 g/mol. The highest BCUT2D eigenvalue weighted by Crippen LogP contribution is 2.27. The molecule has 0 fully saturated rings. The lowest BCUT2D eigenvalue weighted by molar-refractivity contribution is 0.0601. The van der Waals surface area contributed by atoms with E-state index in [0.29, 0.717) is 30.9 Å². The van der Waals surface area contributed by atoms with E-state index in [4.69, 9.17) is 19.9 Å². The molecular weight excluding hydrogens is 306 g/mol. The second-order valence-electron chi connectivity index (χ2n) is 5.34. The van der Waals surface area contributed by atoms with Crippen molar-refractivity contribution in [2.45, 2.75) is 20.0 Å². The van der Waals surface area contributed by atoms with E-state index in [1.54, 1.807) is 13.2 Å².